The van der Waals surface area contributed by atoms with Gasteiger partial charge in [0.2, 0.25) is 0 Å². The zero-order chi connectivity index (χ0) is 14.2. The average Bonchev–Trinajstić information content (AvgIpc) is 2.53. The molecule has 2 rings (SSSR count). The van der Waals surface area contributed by atoms with Crippen LogP contribution in [0.1, 0.15) is 50.2 Å². The first-order valence-corrected chi connectivity index (χ1v) is 7.60. The molecule has 1 unspecified atom stereocenters. The molecule has 104 valence electrons. The lowest BCUT2D eigenvalue weighted by atomic mass is 9.94. The predicted octanol–water partition coefficient (Wildman–Crippen LogP) is 6.06. The van der Waals surface area contributed by atoms with Gasteiger partial charge in [0.15, 0.2) is 0 Å². The van der Waals surface area contributed by atoms with Crippen molar-refractivity contribution in [3.05, 3.63) is 77.9 Å². The average molecular weight is 264 g/mol. The fourth-order valence-electron chi connectivity index (χ4n) is 2.57. The molecule has 0 heteroatoms. The van der Waals surface area contributed by atoms with E-state index in [-0.39, 0.29) is 0 Å². The molecule has 0 spiro atoms. The molecule has 20 heavy (non-hydrogen) atoms. The lowest BCUT2D eigenvalue weighted by Gasteiger charge is -2.11. The third-order valence-electron chi connectivity index (χ3n) is 3.88. The van der Waals surface area contributed by atoms with Crippen molar-refractivity contribution in [1.82, 2.24) is 0 Å². The number of benzene rings is 2. The summed E-state index contributed by atoms with van der Waals surface area (Å²) in [6, 6.07) is 21.5. The summed E-state index contributed by atoms with van der Waals surface area (Å²) in [6.07, 6.45) is 5.87. The molecule has 0 fully saturated rings. The number of hydrogen-bond acceptors (Lipinski definition) is 0. The fourth-order valence-corrected chi connectivity index (χ4v) is 2.57. The monoisotopic (exact) mass is 264 g/mol. The van der Waals surface area contributed by atoms with Gasteiger partial charge in [0.05, 0.1) is 0 Å². The Hall–Kier alpha value is -1.82. The molecule has 0 aliphatic heterocycles. The van der Waals surface area contributed by atoms with Gasteiger partial charge in [0.1, 0.15) is 0 Å². The summed E-state index contributed by atoms with van der Waals surface area (Å²) in [6.45, 7) is 4.55. The van der Waals surface area contributed by atoms with E-state index < -0.39 is 0 Å². The zero-order valence-corrected chi connectivity index (χ0v) is 12.5. The predicted molar refractivity (Wildman–Crippen MR) is 88.8 cm³/mol. The van der Waals surface area contributed by atoms with Gasteiger partial charge in [-0.2, -0.15) is 0 Å². The lowest BCUT2D eigenvalue weighted by molar-refractivity contribution is 0.690. The van der Waals surface area contributed by atoms with E-state index in [9.17, 15) is 0 Å². The third kappa shape index (κ3) is 4.09. The van der Waals surface area contributed by atoms with Crippen LogP contribution in [0.2, 0.25) is 0 Å². The van der Waals surface area contributed by atoms with Gasteiger partial charge in [-0.1, -0.05) is 80.6 Å². The van der Waals surface area contributed by atoms with Gasteiger partial charge in [-0.05, 0) is 41.9 Å². The van der Waals surface area contributed by atoms with Gasteiger partial charge in [-0.25, -0.2) is 0 Å². The van der Waals surface area contributed by atoms with Crippen LogP contribution in [0.3, 0.4) is 0 Å². The molecule has 0 nitrogen and oxygen atoms in total. The maximum Gasteiger partial charge on any atom is -0.0187 e. The summed E-state index contributed by atoms with van der Waals surface area (Å²) >= 11 is 0. The second-order valence-corrected chi connectivity index (χ2v) is 5.34. The Morgan fingerprint density at radius 2 is 1.55 bits per heavy atom. The Morgan fingerprint density at radius 1 is 0.950 bits per heavy atom. The van der Waals surface area contributed by atoms with Crippen molar-refractivity contribution in [3.8, 4) is 0 Å². The Morgan fingerprint density at radius 3 is 2.15 bits per heavy atom. The maximum atomic E-state index is 2.41. The molecule has 2 aromatic rings. The molecule has 0 amide bonds. The number of rotatable bonds is 6. The van der Waals surface area contributed by atoms with E-state index in [1.165, 1.54) is 23.1 Å². The van der Waals surface area contributed by atoms with E-state index in [4.69, 9.17) is 0 Å². The highest BCUT2D eigenvalue weighted by Crippen LogP contribution is 2.23. The minimum absolute atomic E-state index is 0.626. The highest BCUT2D eigenvalue weighted by Gasteiger charge is 2.04. The summed E-state index contributed by atoms with van der Waals surface area (Å²) in [5.41, 5.74) is 4.27. The highest BCUT2D eigenvalue weighted by molar-refractivity contribution is 5.65. The van der Waals surface area contributed by atoms with E-state index in [0.717, 1.165) is 12.8 Å². The Bertz CT molecular complexity index is 522. The van der Waals surface area contributed by atoms with Crippen molar-refractivity contribution in [2.75, 3.05) is 0 Å². The summed E-state index contributed by atoms with van der Waals surface area (Å²) in [5, 5.41) is 0. The Kier molecular flexibility index (Phi) is 5.61. The molecule has 0 bridgehead atoms. The van der Waals surface area contributed by atoms with Gasteiger partial charge < -0.3 is 0 Å². The zero-order valence-electron chi connectivity index (χ0n) is 12.5. The molecule has 0 saturated carbocycles. The SMILES string of the molecule is CCC(=CCCC(C)c1ccccc1)c1ccccc1. The van der Waals surface area contributed by atoms with Gasteiger partial charge in [-0.15, -0.1) is 0 Å². The molecular formula is C20H24. The molecule has 0 aliphatic rings. The quantitative estimate of drug-likeness (QED) is 0.594. The summed E-state index contributed by atoms with van der Waals surface area (Å²) in [5.74, 6) is 0.626. The van der Waals surface area contributed by atoms with E-state index in [1.54, 1.807) is 0 Å². The molecule has 0 radical (unpaired) electrons. The molecule has 0 aromatic heterocycles. The van der Waals surface area contributed by atoms with Crippen molar-refractivity contribution in [2.24, 2.45) is 0 Å². The van der Waals surface area contributed by atoms with Gasteiger partial charge in [-0.3, -0.25) is 0 Å². The second-order valence-electron chi connectivity index (χ2n) is 5.34. The van der Waals surface area contributed by atoms with Crippen LogP contribution in [0.15, 0.2) is 66.7 Å². The van der Waals surface area contributed by atoms with Crippen molar-refractivity contribution < 1.29 is 0 Å². The number of hydrogen-bond donors (Lipinski definition) is 0. The summed E-state index contributed by atoms with van der Waals surface area (Å²) < 4.78 is 0. The second kappa shape index (κ2) is 7.69. The van der Waals surface area contributed by atoms with Gasteiger partial charge in [0, 0.05) is 0 Å². The van der Waals surface area contributed by atoms with E-state index in [2.05, 4.69) is 80.6 Å². The van der Waals surface area contributed by atoms with Gasteiger partial charge in [0.25, 0.3) is 0 Å². The normalized spacial score (nSPS) is 13.2. The minimum Gasteiger partial charge on any atom is -0.0807 e. The first-order valence-electron chi connectivity index (χ1n) is 7.60. The van der Waals surface area contributed by atoms with Crippen LogP contribution in [0.25, 0.3) is 5.57 Å². The van der Waals surface area contributed by atoms with E-state index in [1.807, 2.05) is 0 Å². The Labute approximate surface area is 123 Å². The first kappa shape index (κ1) is 14.6. The number of allylic oxidation sites excluding steroid dienone is 2. The maximum absolute atomic E-state index is 2.41. The molecule has 0 aliphatic carbocycles. The standard InChI is InChI=1S/C20H24/c1-3-18(20-14-8-5-9-15-20)16-10-11-17(2)19-12-6-4-7-13-19/h4-9,12-17H,3,10-11H2,1-2H3. The minimum atomic E-state index is 0.626. The van der Waals surface area contributed by atoms with Crippen LogP contribution < -0.4 is 0 Å². The summed E-state index contributed by atoms with van der Waals surface area (Å²) in [4.78, 5) is 0. The van der Waals surface area contributed by atoms with Crippen LogP contribution in [-0.2, 0) is 0 Å². The van der Waals surface area contributed by atoms with Gasteiger partial charge >= 0.3 is 0 Å². The molecule has 0 saturated heterocycles. The van der Waals surface area contributed by atoms with Crippen LogP contribution in [0, 0.1) is 0 Å². The first-order chi connectivity index (χ1) is 9.81. The topological polar surface area (TPSA) is 0 Å². The van der Waals surface area contributed by atoms with Crippen LogP contribution in [0.5, 0.6) is 0 Å². The van der Waals surface area contributed by atoms with Crippen LogP contribution in [-0.4, -0.2) is 0 Å². The molecular weight excluding hydrogens is 240 g/mol. The fraction of sp³-hybridized carbons (Fsp3) is 0.300. The lowest BCUT2D eigenvalue weighted by Crippen LogP contribution is -1.92. The smallest absolute Gasteiger partial charge is 0.0187 e. The molecule has 0 N–H and O–H groups in total. The summed E-state index contributed by atoms with van der Waals surface area (Å²) in [7, 11) is 0. The third-order valence-corrected chi connectivity index (χ3v) is 3.88. The van der Waals surface area contributed by atoms with E-state index >= 15 is 0 Å². The molecule has 0 heterocycles. The van der Waals surface area contributed by atoms with Crippen molar-refractivity contribution >= 4 is 5.57 Å². The van der Waals surface area contributed by atoms with Crippen LogP contribution >= 0.6 is 0 Å². The Balaban J connectivity index is 1.95. The van der Waals surface area contributed by atoms with Crippen molar-refractivity contribution in [2.45, 2.75) is 39.0 Å². The van der Waals surface area contributed by atoms with Crippen molar-refractivity contribution in [3.63, 3.8) is 0 Å². The highest BCUT2D eigenvalue weighted by atomic mass is 14.1. The van der Waals surface area contributed by atoms with Crippen LogP contribution in [0.4, 0.5) is 0 Å². The largest absolute Gasteiger partial charge is 0.0807 e. The molecule has 2 aromatic carbocycles. The van der Waals surface area contributed by atoms with Crippen molar-refractivity contribution in [1.29, 1.82) is 0 Å². The van der Waals surface area contributed by atoms with E-state index in [0.29, 0.717) is 5.92 Å². The molecule has 1 atom stereocenters.